The summed E-state index contributed by atoms with van der Waals surface area (Å²) < 4.78 is 0. The first-order valence-electron chi connectivity index (χ1n) is 8.57. The highest BCUT2D eigenvalue weighted by Gasteiger charge is 2.34. The highest BCUT2D eigenvalue weighted by Crippen LogP contribution is 2.21. The Morgan fingerprint density at radius 2 is 1.83 bits per heavy atom. The molecule has 0 aromatic heterocycles. The molecule has 2 aliphatic rings. The van der Waals surface area contributed by atoms with Crippen molar-refractivity contribution >= 4 is 5.97 Å². The molecule has 5 nitrogen and oxygen atoms in total. The van der Waals surface area contributed by atoms with E-state index in [4.69, 9.17) is 0 Å². The molecule has 0 bridgehead atoms. The van der Waals surface area contributed by atoms with Gasteiger partial charge in [-0.2, -0.15) is 0 Å². The van der Waals surface area contributed by atoms with Gasteiger partial charge in [0.2, 0.25) is 0 Å². The molecular formula is C18H27N3O2. The van der Waals surface area contributed by atoms with Gasteiger partial charge in [0.15, 0.2) is 0 Å². The normalized spacial score (nSPS) is 25.5. The third kappa shape index (κ3) is 4.10. The Morgan fingerprint density at radius 3 is 2.48 bits per heavy atom. The molecule has 2 saturated heterocycles. The van der Waals surface area contributed by atoms with E-state index in [-0.39, 0.29) is 6.04 Å². The van der Waals surface area contributed by atoms with Gasteiger partial charge in [0, 0.05) is 32.2 Å². The van der Waals surface area contributed by atoms with E-state index in [0.29, 0.717) is 12.6 Å². The van der Waals surface area contributed by atoms with Crippen LogP contribution in [0.1, 0.15) is 18.4 Å². The lowest BCUT2D eigenvalue weighted by atomic mass is 10.00. The Hall–Kier alpha value is -1.43. The summed E-state index contributed by atoms with van der Waals surface area (Å²) in [5.74, 6) is -0.696. The molecule has 1 N–H and O–H groups in total. The lowest BCUT2D eigenvalue weighted by Gasteiger charge is -2.44. The number of hydrogen-bond acceptors (Lipinski definition) is 4. The SMILES string of the molecule is CN1CCN(C2CCN(Cc3ccccc3)CC2)CC1C(=O)O. The fourth-order valence-electron chi connectivity index (χ4n) is 3.78. The molecule has 2 heterocycles. The number of carbonyl (C=O) groups is 1. The molecule has 1 aromatic rings. The van der Waals surface area contributed by atoms with Crippen LogP contribution in [0.3, 0.4) is 0 Å². The van der Waals surface area contributed by atoms with Gasteiger partial charge < -0.3 is 5.11 Å². The number of piperidine rings is 1. The van der Waals surface area contributed by atoms with Crippen LogP contribution in [0, 0.1) is 0 Å². The average molecular weight is 317 g/mol. The van der Waals surface area contributed by atoms with Crippen molar-refractivity contribution in [2.45, 2.75) is 31.5 Å². The first-order valence-corrected chi connectivity index (χ1v) is 8.57. The van der Waals surface area contributed by atoms with E-state index in [1.54, 1.807) is 0 Å². The summed E-state index contributed by atoms with van der Waals surface area (Å²) in [6, 6.07) is 10.8. The largest absolute Gasteiger partial charge is 0.480 e. The van der Waals surface area contributed by atoms with Crippen LogP contribution < -0.4 is 0 Å². The van der Waals surface area contributed by atoms with E-state index in [1.165, 1.54) is 5.56 Å². The highest BCUT2D eigenvalue weighted by atomic mass is 16.4. The Kier molecular flexibility index (Phi) is 5.30. The third-order valence-electron chi connectivity index (χ3n) is 5.29. The Labute approximate surface area is 138 Å². The fourth-order valence-corrected chi connectivity index (χ4v) is 3.78. The molecule has 0 spiro atoms. The lowest BCUT2D eigenvalue weighted by molar-refractivity contribution is -0.145. The van der Waals surface area contributed by atoms with Crippen molar-refractivity contribution in [1.82, 2.24) is 14.7 Å². The number of rotatable bonds is 4. The van der Waals surface area contributed by atoms with Crippen LogP contribution in [0.25, 0.3) is 0 Å². The standard InChI is InChI=1S/C18H27N3O2/c1-19-11-12-21(14-17(19)18(22)23)16-7-9-20(10-8-16)13-15-5-3-2-4-6-15/h2-6,16-17H,7-14H2,1H3,(H,22,23). The minimum absolute atomic E-state index is 0.355. The van der Waals surface area contributed by atoms with Gasteiger partial charge in [0.1, 0.15) is 6.04 Å². The predicted octanol–water partition coefficient (Wildman–Crippen LogP) is 1.35. The summed E-state index contributed by atoms with van der Waals surface area (Å²) in [5, 5.41) is 9.35. The van der Waals surface area contributed by atoms with Crippen molar-refractivity contribution in [2.75, 3.05) is 39.8 Å². The van der Waals surface area contributed by atoms with Gasteiger partial charge in [-0.05, 0) is 38.5 Å². The van der Waals surface area contributed by atoms with Crippen molar-refractivity contribution in [3.8, 4) is 0 Å². The molecule has 0 aliphatic carbocycles. The summed E-state index contributed by atoms with van der Waals surface area (Å²) in [5.41, 5.74) is 1.37. The lowest BCUT2D eigenvalue weighted by Crippen LogP contribution is -2.58. The number of likely N-dealkylation sites (N-methyl/N-ethyl adjacent to an activating group) is 1. The van der Waals surface area contributed by atoms with E-state index in [0.717, 1.165) is 45.6 Å². The molecule has 2 fully saturated rings. The quantitative estimate of drug-likeness (QED) is 0.908. The van der Waals surface area contributed by atoms with E-state index in [1.807, 2.05) is 11.9 Å². The molecule has 3 rings (SSSR count). The van der Waals surface area contributed by atoms with Gasteiger partial charge in [0.25, 0.3) is 0 Å². The maximum Gasteiger partial charge on any atom is 0.322 e. The molecule has 2 aliphatic heterocycles. The molecule has 1 unspecified atom stereocenters. The number of hydrogen-bond donors (Lipinski definition) is 1. The first-order chi connectivity index (χ1) is 11.1. The van der Waals surface area contributed by atoms with Crippen LogP contribution in [0.2, 0.25) is 0 Å². The molecule has 0 amide bonds. The summed E-state index contributed by atoms with van der Waals surface area (Å²) in [7, 11) is 1.92. The summed E-state index contributed by atoms with van der Waals surface area (Å²) in [6.45, 7) is 5.72. The number of carboxylic acids is 1. The summed E-state index contributed by atoms with van der Waals surface area (Å²) >= 11 is 0. The monoisotopic (exact) mass is 317 g/mol. The van der Waals surface area contributed by atoms with E-state index < -0.39 is 5.97 Å². The van der Waals surface area contributed by atoms with Gasteiger partial charge in [0.05, 0.1) is 0 Å². The van der Waals surface area contributed by atoms with Crippen LogP contribution in [0.5, 0.6) is 0 Å². The second-order valence-corrected chi connectivity index (χ2v) is 6.82. The van der Waals surface area contributed by atoms with Crippen LogP contribution >= 0.6 is 0 Å². The summed E-state index contributed by atoms with van der Waals surface area (Å²) in [6.07, 6.45) is 2.28. The minimum Gasteiger partial charge on any atom is -0.480 e. The van der Waals surface area contributed by atoms with Crippen molar-refractivity contribution in [3.63, 3.8) is 0 Å². The highest BCUT2D eigenvalue weighted by molar-refractivity contribution is 5.73. The predicted molar refractivity (Wildman–Crippen MR) is 90.4 cm³/mol. The molecule has 23 heavy (non-hydrogen) atoms. The second kappa shape index (κ2) is 7.43. The average Bonchev–Trinajstić information content (AvgIpc) is 2.57. The maximum atomic E-state index is 11.4. The number of nitrogens with zero attached hydrogens (tertiary/aromatic N) is 3. The minimum atomic E-state index is -0.696. The van der Waals surface area contributed by atoms with Crippen molar-refractivity contribution < 1.29 is 9.90 Å². The number of carboxylic acid groups (broad SMARTS) is 1. The van der Waals surface area contributed by atoms with Gasteiger partial charge in [-0.15, -0.1) is 0 Å². The van der Waals surface area contributed by atoms with Crippen LogP contribution in [0.4, 0.5) is 0 Å². The van der Waals surface area contributed by atoms with Gasteiger partial charge in [-0.3, -0.25) is 19.5 Å². The zero-order chi connectivity index (χ0) is 16.2. The molecule has 1 atom stereocenters. The van der Waals surface area contributed by atoms with E-state index >= 15 is 0 Å². The molecule has 0 radical (unpaired) electrons. The number of aliphatic carboxylic acids is 1. The van der Waals surface area contributed by atoms with E-state index in [2.05, 4.69) is 40.1 Å². The van der Waals surface area contributed by atoms with Crippen molar-refractivity contribution in [2.24, 2.45) is 0 Å². The third-order valence-corrected chi connectivity index (χ3v) is 5.29. The number of piperazine rings is 1. The van der Waals surface area contributed by atoms with Gasteiger partial charge in [-0.1, -0.05) is 30.3 Å². The zero-order valence-electron chi connectivity index (χ0n) is 13.9. The Balaban J connectivity index is 1.50. The van der Waals surface area contributed by atoms with Crippen LogP contribution in [-0.2, 0) is 11.3 Å². The zero-order valence-corrected chi connectivity index (χ0v) is 13.9. The Bertz CT molecular complexity index is 514. The van der Waals surface area contributed by atoms with Crippen molar-refractivity contribution in [1.29, 1.82) is 0 Å². The fraction of sp³-hybridized carbons (Fsp3) is 0.611. The Morgan fingerprint density at radius 1 is 1.13 bits per heavy atom. The molecule has 0 saturated carbocycles. The van der Waals surface area contributed by atoms with Crippen LogP contribution in [0.15, 0.2) is 30.3 Å². The maximum absolute atomic E-state index is 11.4. The van der Waals surface area contributed by atoms with Crippen molar-refractivity contribution in [3.05, 3.63) is 35.9 Å². The molecule has 1 aromatic carbocycles. The van der Waals surface area contributed by atoms with Crippen LogP contribution in [-0.4, -0.2) is 77.6 Å². The number of benzene rings is 1. The molecule has 5 heteroatoms. The second-order valence-electron chi connectivity index (χ2n) is 6.82. The topological polar surface area (TPSA) is 47.0 Å². The summed E-state index contributed by atoms with van der Waals surface area (Å²) in [4.78, 5) is 18.2. The van der Waals surface area contributed by atoms with Gasteiger partial charge in [-0.25, -0.2) is 0 Å². The molecular weight excluding hydrogens is 290 g/mol. The van der Waals surface area contributed by atoms with E-state index in [9.17, 15) is 9.90 Å². The first kappa shape index (κ1) is 16.4. The molecule has 126 valence electrons. The van der Waals surface area contributed by atoms with Gasteiger partial charge >= 0.3 is 5.97 Å². The smallest absolute Gasteiger partial charge is 0.322 e. The number of likely N-dealkylation sites (tertiary alicyclic amines) is 1.